The lowest BCUT2D eigenvalue weighted by Gasteiger charge is -2.19. The van der Waals surface area contributed by atoms with E-state index in [9.17, 15) is 4.79 Å². The zero-order valence-electron chi connectivity index (χ0n) is 21.7. The van der Waals surface area contributed by atoms with Gasteiger partial charge in [0.25, 0.3) is 5.56 Å². The minimum atomic E-state index is -0.208. The van der Waals surface area contributed by atoms with Crippen molar-refractivity contribution >= 4 is 28.9 Å². The normalized spacial score (nSPS) is 16.0. The highest BCUT2D eigenvalue weighted by atomic mass is 32.2. The molecule has 10 nitrogen and oxygen atoms in total. The van der Waals surface area contributed by atoms with Gasteiger partial charge in [0.05, 0.1) is 42.5 Å². The number of anilines is 1. The fourth-order valence-electron chi connectivity index (χ4n) is 4.77. The highest BCUT2D eigenvalue weighted by Crippen LogP contribution is 2.45. The summed E-state index contributed by atoms with van der Waals surface area (Å²) in [6.07, 6.45) is 9.38. The van der Waals surface area contributed by atoms with Crippen LogP contribution in [0.1, 0.15) is 62.9 Å². The molecule has 2 aliphatic carbocycles. The van der Waals surface area contributed by atoms with Gasteiger partial charge in [0.15, 0.2) is 17.1 Å². The molecule has 0 spiro atoms. The van der Waals surface area contributed by atoms with Crippen LogP contribution >= 0.6 is 11.8 Å². The molecule has 0 aromatic carbocycles. The van der Waals surface area contributed by atoms with Crippen LogP contribution in [0.3, 0.4) is 0 Å². The van der Waals surface area contributed by atoms with E-state index in [0.29, 0.717) is 41.2 Å². The van der Waals surface area contributed by atoms with Gasteiger partial charge in [-0.25, -0.2) is 24.9 Å². The third-order valence-corrected chi connectivity index (χ3v) is 7.98. The smallest absolute Gasteiger partial charge is 0.295 e. The molecule has 0 saturated heterocycles. The van der Waals surface area contributed by atoms with Crippen LogP contribution in [-0.4, -0.2) is 47.3 Å². The monoisotopic (exact) mass is 530 g/mol. The Morgan fingerprint density at radius 1 is 1.11 bits per heavy atom. The van der Waals surface area contributed by atoms with Crippen LogP contribution < -0.4 is 15.6 Å². The van der Waals surface area contributed by atoms with Crippen molar-refractivity contribution in [3.63, 3.8) is 0 Å². The van der Waals surface area contributed by atoms with E-state index in [1.54, 1.807) is 29.6 Å². The number of nitrogens with one attached hydrogen (secondary N) is 1. The first-order valence-electron chi connectivity index (χ1n) is 13.1. The second kappa shape index (κ2) is 10.3. The average Bonchev–Trinajstić information content (AvgIpc) is 3.85. The second-order valence-electron chi connectivity index (χ2n) is 9.81. The summed E-state index contributed by atoms with van der Waals surface area (Å²) in [6.45, 7) is 4.57. The first-order chi connectivity index (χ1) is 18.6. The molecule has 0 radical (unpaired) electrons. The third-order valence-electron chi connectivity index (χ3n) is 7.12. The van der Waals surface area contributed by atoms with Gasteiger partial charge in [-0.1, -0.05) is 6.92 Å². The molecule has 196 valence electrons. The van der Waals surface area contributed by atoms with Gasteiger partial charge in [0, 0.05) is 23.1 Å². The van der Waals surface area contributed by atoms with Crippen molar-refractivity contribution in [1.29, 1.82) is 0 Å². The maximum Gasteiger partial charge on any atom is 0.295 e. The van der Waals surface area contributed by atoms with E-state index in [1.807, 2.05) is 18.3 Å². The fraction of sp³-hybridized carbons (Fsp3) is 0.444. The van der Waals surface area contributed by atoms with Gasteiger partial charge in [-0.3, -0.25) is 14.3 Å². The molecule has 11 heteroatoms. The summed E-state index contributed by atoms with van der Waals surface area (Å²) in [4.78, 5) is 42.5. The average molecular weight is 531 g/mol. The topological polar surface area (TPSA) is 121 Å². The molecule has 4 aromatic heterocycles. The number of hydrogen-bond acceptors (Lipinski definition) is 10. The Labute approximate surface area is 224 Å². The lowest BCUT2D eigenvalue weighted by Crippen LogP contribution is -2.29. The minimum absolute atomic E-state index is 0.0293. The van der Waals surface area contributed by atoms with Gasteiger partial charge in [-0.15, -0.1) is 11.8 Å². The lowest BCUT2D eigenvalue weighted by atomic mass is 10.1. The van der Waals surface area contributed by atoms with E-state index < -0.39 is 0 Å². The van der Waals surface area contributed by atoms with E-state index >= 15 is 0 Å². The Kier molecular flexibility index (Phi) is 6.69. The van der Waals surface area contributed by atoms with Crippen molar-refractivity contribution in [2.45, 2.75) is 62.9 Å². The number of methoxy groups -OCH3 is 1. The molecule has 4 heterocycles. The van der Waals surface area contributed by atoms with E-state index in [2.05, 4.69) is 44.1 Å². The summed E-state index contributed by atoms with van der Waals surface area (Å²) in [6, 6.07) is 3.98. The summed E-state index contributed by atoms with van der Waals surface area (Å²) in [7, 11) is 1.59. The molecule has 2 aliphatic rings. The van der Waals surface area contributed by atoms with E-state index in [-0.39, 0.29) is 17.4 Å². The van der Waals surface area contributed by atoms with Gasteiger partial charge in [0.2, 0.25) is 5.88 Å². The lowest BCUT2D eigenvalue weighted by molar-refractivity contribution is 0.397. The van der Waals surface area contributed by atoms with Crippen LogP contribution in [0.25, 0.3) is 22.6 Å². The number of aromatic nitrogens is 7. The molecule has 2 saturated carbocycles. The predicted octanol–water partition coefficient (Wildman–Crippen LogP) is 4.62. The molecule has 4 aromatic rings. The van der Waals surface area contributed by atoms with Crippen LogP contribution in [0, 0.1) is 5.92 Å². The van der Waals surface area contributed by atoms with Crippen LogP contribution in [0.4, 0.5) is 5.82 Å². The Hall–Kier alpha value is -3.60. The standard InChI is InChI=1S/C27H30N8O2S/c1-4-38-19-10-9-18(28-12-19)11-29-24-27(36)35(15(2)16-5-6-16)25-23(34-24)30-13-20(33-25)21-22(17-7-8-17)31-14-32-26(21)37-3/h9-10,12-17H,4-8,11H2,1-3H3,(H,29,30,34). The number of fused-ring (bicyclic) bond motifs is 1. The molecular formula is C27H30N8O2S. The number of pyridine rings is 1. The molecule has 1 N–H and O–H groups in total. The van der Waals surface area contributed by atoms with Gasteiger partial charge in [0.1, 0.15) is 6.33 Å². The van der Waals surface area contributed by atoms with Gasteiger partial charge < -0.3 is 10.1 Å². The van der Waals surface area contributed by atoms with Crippen LogP contribution in [0.2, 0.25) is 0 Å². The molecule has 2 fully saturated rings. The summed E-state index contributed by atoms with van der Waals surface area (Å²) in [5.74, 6) is 2.49. The predicted molar refractivity (Wildman–Crippen MR) is 147 cm³/mol. The summed E-state index contributed by atoms with van der Waals surface area (Å²) in [5.41, 5.74) is 3.74. The van der Waals surface area contributed by atoms with E-state index in [0.717, 1.165) is 53.3 Å². The molecular weight excluding hydrogens is 500 g/mol. The van der Waals surface area contributed by atoms with Crippen molar-refractivity contribution in [3.05, 3.63) is 52.6 Å². The van der Waals surface area contributed by atoms with Crippen molar-refractivity contribution < 1.29 is 4.74 Å². The Morgan fingerprint density at radius 3 is 2.63 bits per heavy atom. The van der Waals surface area contributed by atoms with Crippen molar-refractivity contribution in [2.24, 2.45) is 5.92 Å². The van der Waals surface area contributed by atoms with Gasteiger partial charge >= 0.3 is 0 Å². The molecule has 6 rings (SSSR count). The number of hydrogen-bond donors (Lipinski definition) is 1. The first kappa shape index (κ1) is 24.7. The van der Waals surface area contributed by atoms with Gasteiger partial charge in [-0.05, 0) is 56.4 Å². The molecule has 1 atom stereocenters. The summed E-state index contributed by atoms with van der Waals surface area (Å²) < 4.78 is 7.32. The molecule has 38 heavy (non-hydrogen) atoms. The maximum atomic E-state index is 13.8. The Morgan fingerprint density at radius 2 is 1.95 bits per heavy atom. The van der Waals surface area contributed by atoms with Crippen molar-refractivity contribution in [3.8, 4) is 17.1 Å². The van der Waals surface area contributed by atoms with Crippen LogP contribution in [-0.2, 0) is 6.54 Å². The Balaban J connectivity index is 1.41. The summed E-state index contributed by atoms with van der Waals surface area (Å²) >= 11 is 1.74. The zero-order chi connectivity index (χ0) is 26.2. The molecule has 0 bridgehead atoms. The van der Waals surface area contributed by atoms with Crippen LogP contribution in [0.5, 0.6) is 5.88 Å². The number of thioether (sulfide) groups is 1. The van der Waals surface area contributed by atoms with Gasteiger partial charge in [-0.2, -0.15) is 0 Å². The third kappa shape index (κ3) is 4.82. The van der Waals surface area contributed by atoms with Crippen molar-refractivity contribution in [2.75, 3.05) is 18.2 Å². The molecule has 0 amide bonds. The SMILES string of the molecule is CCSc1ccc(CNc2nc3ncc(-c4c(OC)ncnc4C4CC4)nc3n(C(C)C3CC3)c2=O)nc1. The maximum absolute atomic E-state index is 13.8. The highest BCUT2D eigenvalue weighted by molar-refractivity contribution is 7.99. The first-order valence-corrected chi connectivity index (χ1v) is 14.1. The number of ether oxygens (including phenoxy) is 1. The minimum Gasteiger partial charge on any atom is -0.480 e. The number of rotatable bonds is 10. The summed E-state index contributed by atoms with van der Waals surface area (Å²) in [5, 5.41) is 3.20. The fourth-order valence-corrected chi connectivity index (χ4v) is 5.39. The largest absolute Gasteiger partial charge is 0.480 e. The van der Waals surface area contributed by atoms with Crippen molar-refractivity contribution in [1.82, 2.24) is 34.5 Å². The van der Waals surface area contributed by atoms with E-state index in [1.165, 1.54) is 6.33 Å². The van der Waals surface area contributed by atoms with Crippen LogP contribution in [0.15, 0.2) is 40.5 Å². The molecule has 1 unspecified atom stereocenters. The highest BCUT2D eigenvalue weighted by Gasteiger charge is 2.33. The molecule has 0 aliphatic heterocycles. The quantitative estimate of drug-likeness (QED) is 0.291. The zero-order valence-corrected chi connectivity index (χ0v) is 22.5. The number of nitrogens with zero attached hydrogens (tertiary/aromatic N) is 7. The van der Waals surface area contributed by atoms with E-state index in [4.69, 9.17) is 9.72 Å². The Bertz CT molecular complexity index is 1530. The second-order valence-corrected chi connectivity index (χ2v) is 11.1.